The molecule has 0 fully saturated rings. The number of carbonyl (C=O) groups is 2. The van der Waals surface area contributed by atoms with Crippen molar-refractivity contribution in [1.82, 2.24) is 20.0 Å². The van der Waals surface area contributed by atoms with Crippen molar-refractivity contribution in [3.63, 3.8) is 0 Å². The maximum absolute atomic E-state index is 13.8. The summed E-state index contributed by atoms with van der Waals surface area (Å²) in [6.45, 7) is -0.311. The van der Waals surface area contributed by atoms with Gasteiger partial charge in [0.05, 0.1) is 5.39 Å². The first-order valence-corrected chi connectivity index (χ1v) is 8.61. The summed E-state index contributed by atoms with van der Waals surface area (Å²) in [5, 5.41) is 7.27. The standard InChI is InChI=1S/C20H19FN4O3/c1-22-19(27)18-14-8-4-5-9-15(14)20(28)25(23-18)12-17(26)24(2)11-13-7-3-6-10-16(13)21/h3-10H,11-12H2,1-2H3,(H,22,27). The first-order chi connectivity index (χ1) is 13.4. The summed E-state index contributed by atoms with van der Waals surface area (Å²) < 4.78 is 14.8. The number of likely N-dealkylation sites (N-methyl/N-ethyl adjacent to an activating group) is 1. The highest BCUT2D eigenvalue weighted by atomic mass is 19.1. The van der Waals surface area contributed by atoms with Crippen molar-refractivity contribution < 1.29 is 14.0 Å². The molecule has 1 aromatic heterocycles. The largest absolute Gasteiger partial charge is 0.354 e. The zero-order valence-corrected chi connectivity index (χ0v) is 15.5. The molecule has 0 aliphatic carbocycles. The first-order valence-electron chi connectivity index (χ1n) is 8.61. The van der Waals surface area contributed by atoms with Crippen LogP contribution in [-0.4, -0.2) is 40.6 Å². The third kappa shape index (κ3) is 3.75. The van der Waals surface area contributed by atoms with E-state index in [1.165, 1.54) is 25.1 Å². The molecule has 0 aliphatic heterocycles. The van der Waals surface area contributed by atoms with E-state index in [9.17, 15) is 18.8 Å². The smallest absolute Gasteiger partial charge is 0.275 e. The maximum atomic E-state index is 13.8. The first kappa shape index (κ1) is 19.2. The minimum absolute atomic E-state index is 0.0517. The highest BCUT2D eigenvalue weighted by Crippen LogP contribution is 2.13. The fourth-order valence-electron chi connectivity index (χ4n) is 2.85. The Morgan fingerprint density at radius 2 is 1.75 bits per heavy atom. The fraction of sp³-hybridized carbons (Fsp3) is 0.200. The molecule has 0 atom stereocenters. The molecule has 0 radical (unpaired) electrons. The van der Waals surface area contributed by atoms with E-state index in [1.54, 1.807) is 42.5 Å². The van der Waals surface area contributed by atoms with Gasteiger partial charge in [-0.05, 0) is 12.1 Å². The van der Waals surface area contributed by atoms with Crippen molar-refractivity contribution in [2.45, 2.75) is 13.1 Å². The number of fused-ring (bicyclic) bond motifs is 1. The zero-order valence-electron chi connectivity index (χ0n) is 15.5. The van der Waals surface area contributed by atoms with Crippen LogP contribution in [-0.2, 0) is 17.9 Å². The van der Waals surface area contributed by atoms with Crippen LogP contribution >= 0.6 is 0 Å². The van der Waals surface area contributed by atoms with Crippen LogP contribution in [0.15, 0.2) is 53.3 Å². The molecular formula is C20H19FN4O3. The van der Waals surface area contributed by atoms with Gasteiger partial charge >= 0.3 is 0 Å². The van der Waals surface area contributed by atoms with Crippen LogP contribution in [0.2, 0.25) is 0 Å². The van der Waals surface area contributed by atoms with Crippen molar-refractivity contribution in [2.75, 3.05) is 14.1 Å². The van der Waals surface area contributed by atoms with Crippen molar-refractivity contribution in [2.24, 2.45) is 0 Å². The van der Waals surface area contributed by atoms with Crippen LogP contribution in [0.3, 0.4) is 0 Å². The molecule has 28 heavy (non-hydrogen) atoms. The maximum Gasteiger partial charge on any atom is 0.275 e. The van der Waals surface area contributed by atoms with E-state index < -0.39 is 23.2 Å². The molecule has 0 unspecified atom stereocenters. The van der Waals surface area contributed by atoms with Crippen LogP contribution < -0.4 is 10.9 Å². The lowest BCUT2D eigenvalue weighted by Crippen LogP contribution is -2.36. The lowest BCUT2D eigenvalue weighted by atomic mass is 10.1. The van der Waals surface area contributed by atoms with Gasteiger partial charge in [0, 0.05) is 31.6 Å². The number of carbonyl (C=O) groups excluding carboxylic acids is 2. The van der Waals surface area contributed by atoms with E-state index in [0.29, 0.717) is 16.3 Å². The monoisotopic (exact) mass is 382 g/mol. The van der Waals surface area contributed by atoms with E-state index in [0.717, 1.165) is 4.68 Å². The Hall–Kier alpha value is -3.55. The average molecular weight is 382 g/mol. The molecule has 3 rings (SSSR count). The van der Waals surface area contributed by atoms with E-state index >= 15 is 0 Å². The molecule has 2 aromatic carbocycles. The molecule has 2 amide bonds. The summed E-state index contributed by atoms with van der Waals surface area (Å²) in [5.74, 6) is -1.31. The van der Waals surface area contributed by atoms with Crippen molar-refractivity contribution >= 4 is 22.6 Å². The van der Waals surface area contributed by atoms with Gasteiger partial charge < -0.3 is 10.2 Å². The molecular weight excluding hydrogens is 363 g/mol. The molecule has 3 aromatic rings. The molecule has 1 heterocycles. The minimum atomic E-state index is -0.476. The molecule has 0 aliphatic rings. The van der Waals surface area contributed by atoms with Gasteiger partial charge in [0.1, 0.15) is 12.4 Å². The van der Waals surface area contributed by atoms with Crippen LogP contribution in [0.25, 0.3) is 10.8 Å². The summed E-state index contributed by atoms with van der Waals surface area (Å²) in [6, 6.07) is 12.7. The summed E-state index contributed by atoms with van der Waals surface area (Å²) in [5.41, 5.74) is -0.0543. The molecule has 7 nitrogen and oxygen atoms in total. The second kappa shape index (κ2) is 7.99. The molecule has 1 N–H and O–H groups in total. The van der Waals surface area contributed by atoms with Gasteiger partial charge in [0.25, 0.3) is 11.5 Å². The van der Waals surface area contributed by atoms with E-state index in [1.807, 2.05) is 0 Å². The predicted octanol–water partition coefficient (Wildman–Crippen LogP) is 1.55. The van der Waals surface area contributed by atoms with Gasteiger partial charge in [-0.2, -0.15) is 5.10 Å². The number of halogens is 1. The second-order valence-electron chi connectivity index (χ2n) is 6.28. The van der Waals surface area contributed by atoms with Gasteiger partial charge in [-0.3, -0.25) is 14.4 Å². The highest BCUT2D eigenvalue weighted by molar-refractivity contribution is 6.04. The van der Waals surface area contributed by atoms with Crippen LogP contribution in [0.5, 0.6) is 0 Å². The second-order valence-corrected chi connectivity index (χ2v) is 6.28. The third-order valence-electron chi connectivity index (χ3n) is 4.39. The van der Waals surface area contributed by atoms with Crippen molar-refractivity contribution in [3.8, 4) is 0 Å². The summed E-state index contributed by atoms with van der Waals surface area (Å²) in [7, 11) is 2.97. The summed E-state index contributed by atoms with van der Waals surface area (Å²) in [6.07, 6.45) is 0. The van der Waals surface area contributed by atoms with Crippen molar-refractivity contribution in [1.29, 1.82) is 0 Å². The van der Waals surface area contributed by atoms with Crippen LogP contribution in [0.4, 0.5) is 4.39 Å². The average Bonchev–Trinajstić information content (AvgIpc) is 2.71. The molecule has 0 spiro atoms. The summed E-state index contributed by atoms with van der Waals surface area (Å²) in [4.78, 5) is 38.7. The Kier molecular flexibility index (Phi) is 5.49. The number of rotatable bonds is 5. The highest BCUT2D eigenvalue weighted by Gasteiger charge is 2.19. The minimum Gasteiger partial charge on any atom is -0.354 e. The number of benzene rings is 2. The van der Waals surface area contributed by atoms with Gasteiger partial charge in [0.2, 0.25) is 5.91 Å². The fourth-order valence-corrected chi connectivity index (χ4v) is 2.85. The Morgan fingerprint density at radius 1 is 1.11 bits per heavy atom. The molecule has 144 valence electrons. The lowest BCUT2D eigenvalue weighted by molar-refractivity contribution is -0.131. The SMILES string of the molecule is CNC(=O)c1nn(CC(=O)N(C)Cc2ccccc2F)c(=O)c2ccccc12. The van der Waals surface area contributed by atoms with Crippen LogP contribution in [0.1, 0.15) is 16.1 Å². The molecule has 0 bridgehead atoms. The lowest BCUT2D eigenvalue weighted by Gasteiger charge is -2.18. The predicted molar refractivity (Wildman–Crippen MR) is 102 cm³/mol. The van der Waals surface area contributed by atoms with Crippen molar-refractivity contribution in [3.05, 3.63) is 76.0 Å². The Bertz CT molecular complexity index is 1110. The van der Waals surface area contributed by atoms with E-state index in [2.05, 4.69) is 10.4 Å². The number of nitrogens with zero attached hydrogens (tertiary/aromatic N) is 3. The van der Waals surface area contributed by atoms with E-state index in [-0.39, 0.29) is 18.8 Å². The van der Waals surface area contributed by atoms with Gasteiger partial charge in [-0.15, -0.1) is 0 Å². The van der Waals surface area contributed by atoms with Gasteiger partial charge in [-0.25, -0.2) is 9.07 Å². The Labute approximate surface area is 160 Å². The van der Waals surface area contributed by atoms with Gasteiger partial charge in [0.15, 0.2) is 5.69 Å². The Morgan fingerprint density at radius 3 is 2.43 bits per heavy atom. The zero-order chi connectivity index (χ0) is 20.3. The molecule has 0 saturated carbocycles. The number of hydrogen-bond donors (Lipinski definition) is 1. The van der Waals surface area contributed by atoms with Gasteiger partial charge in [-0.1, -0.05) is 36.4 Å². The topological polar surface area (TPSA) is 84.3 Å². The third-order valence-corrected chi connectivity index (χ3v) is 4.39. The number of hydrogen-bond acceptors (Lipinski definition) is 4. The Balaban J connectivity index is 1.92. The number of amides is 2. The molecule has 0 saturated heterocycles. The van der Waals surface area contributed by atoms with Crippen LogP contribution in [0, 0.1) is 5.82 Å². The quantitative estimate of drug-likeness (QED) is 0.726. The number of nitrogens with one attached hydrogen (secondary N) is 1. The summed E-state index contributed by atoms with van der Waals surface area (Å²) >= 11 is 0. The normalized spacial score (nSPS) is 10.7. The number of aromatic nitrogens is 2. The van der Waals surface area contributed by atoms with E-state index in [4.69, 9.17) is 0 Å². The molecule has 8 heteroatoms.